The average molecular weight is 271 g/mol. The molecule has 0 unspecified atom stereocenters. The minimum atomic E-state index is -0.0935. The van der Waals surface area contributed by atoms with Crippen LogP contribution in [0.2, 0.25) is 0 Å². The second-order valence-electron chi connectivity index (χ2n) is 4.08. The fourth-order valence-electron chi connectivity index (χ4n) is 1.56. The Hall–Kier alpha value is -0.980. The molecule has 0 aliphatic rings. The molecule has 4 N–H and O–H groups in total. The summed E-state index contributed by atoms with van der Waals surface area (Å²) >= 11 is 1.60. The number of aromatic nitrogens is 1. The maximum Gasteiger partial charge on any atom is 0.226 e. The SMILES string of the molecule is NCCCCCc1nc(CC(=O)NCCO)cs1. The molecule has 0 spiro atoms. The van der Waals surface area contributed by atoms with E-state index in [2.05, 4.69) is 10.3 Å². The lowest BCUT2D eigenvalue weighted by molar-refractivity contribution is -0.120. The van der Waals surface area contributed by atoms with Crippen molar-refractivity contribution in [3.8, 4) is 0 Å². The highest BCUT2D eigenvalue weighted by atomic mass is 32.1. The van der Waals surface area contributed by atoms with Gasteiger partial charge in [-0.2, -0.15) is 0 Å². The third-order valence-corrected chi connectivity index (χ3v) is 3.43. The van der Waals surface area contributed by atoms with Crippen molar-refractivity contribution in [2.75, 3.05) is 19.7 Å². The van der Waals surface area contributed by atoms with E-state index in [0.29, 0.717) is 13.0 Å². The van der Waals surface area contributed by atoms with Crippen LogP contribution in [0.4, 0.5) is 0 Å². The van der Waals surface area contributed by atoms with Crippen LogP contribution < -0.4 is 11.1 Å². The van der Waals surface area contributed by atoms with E-state index >= 15 is 0 Å². The first kappa shape index (κ1) is 15.1. The van der Waals surface area contributed by atoms with E-state index in [4.69, 9.17) is 10.8 Å². The van der Waals surface area contributed by atoms with Crippen molar-refractivity contribution in [1.82, 2.24) is 10.3 Å². The zero-order chi connectivity index (χ0) is 13.2. The first-order chi connectivity index (χ1) is 8.76. The number of rotatable bonds is 9. The minimum absolute atomic E-state index is 0.0325. The molecule has 1 aromatic rings. The van der Waals surface area contributed by atoms with Crippen molar-refractivity contribution < 1.29 is 9.90 Å². The van der Waals surface area contributed by atoms with Crippen LogP contribution in [-0.2, 0) is 17.6 Å². The molecule has 0 saturated carbocycles. The van der Waals surface area contributed by atoms with E-state index in [0.717, 1.165) is 42.9 Å². The van der Waals surface area contributed by atoms with E-state index in [-0.39, 0.29) is 12.5 Å². The number of carbonyl (C=O) groups excluding carboxylic acids is 1. The first-order valence-corrected chi connectivity index (χ1v) is 7.15. The van der Waals surface area contributed by atoms with Crippen molar-refractivity contribution in [1.29, 1.82) is 0 Å². The highest BCUT2D eigenvalue weighted by Crippen LogP contribution is 2.13. The van der Waals surface area contributed by atoms with Crippen LogP contribution in [0.5, 0.6) is 0 Å². The molecule has 0 aliphatic carbocycles. The molecule has 0 aromatic carbocycles. The number of aliphatic hydroxyl groups excluding tert-OH is 1. The van der Waals surface area contributed by atoms with Gasteiger partial charge in [-0.25, -0.2) is 4.98 Å². The summed E-state index contributed by atoms with van der Waals surface area (Å²) in [6.45, 7) is 1.01. The van der Waals surface area contributed by atoms with Crippen LogP contribution in [-0.4, -0.2) is 35.7 Å². The van der Waals surface area contributed by atoms with E-state index in [1.165, 1.54) is 0 Å². The smallest absolute Gasteiger partial charge is 0.226 e. The number of carbonyl (C=O) groups is 1. The number of nitrogens with one attached hydrogen (secondary N) is 1. The molecule has 5 nitrogen and oxygen atoms in total. The Kier molecular flexibility index (Phi) is 7.55. The number of hydrogen-bond acceptors (Lipinski definition) is 5. The largest absolute Gasteiger partial charge is 0.395 e. The predicted octanol–water partition coefficient (Wildman–Crippen LogP) is 0.466. The lowest BCUT2D eigenvalue weighted by Crippen LogP contribution is -2.27. The second kappa shape index (κ2) is 9.02. The van der Waals surface area contributed by atoms with Gasteiger partial charge in [0.15, 0.2) is 0 Å². The molecular formula is C12H21N3O2S. The molecule has 102 valence electrons. The minimum Gasteiger partial charge on any atom is -0.395 e. The zero-order valence-corrected chi connectivity index (χ0v) is 11.3. The summed E-state index contributed by atoms with van der Waals surface area (Å²) in [4.78, 5) is 15.8. The molecule has 0 radical (unpaired) electrons. The molecule has 0 aliphatic heterocycles. The zero-order valence-electron chi connectivity index (χ0n) is 10.5. The van der Waals surface area contributed by atoms with Gasteiger partial charge in [-0.15, -0.1) is 11.3 Å². The summed E-state index contributed by atoms with van der Waals surface area (Å²) in [5, 5.41) is 14.2. The van der Waals surface area contributed by atoms with Gasteiger partial charge in [0, 0.05) is 11.9 Å². The van der Waals surface area contributed by atoms with Crippen LogP contribution >= 0.6 is 11.3 Å². The van der Waals surface area contributed by atoms with E-state index in [1.54, 1.807) is 11.3 Å². The Morgan fingerprint density at radius 3 is 3.00 bits per heavy atom. The normalized spacial score (nSPS) is 10.6. The topological polar surface area (TPSA) is 88.2 Å². The number of aryl methyl sites for hydroxylation is 1. The lowest BCUT2D eigenvalue weighted by atomic mass is 10.2. The average Bonchev–Trinajstić information content (AvgIpc) is 2.80. The quantitative estimate of drug-likeness (QED) is 0.570. The van der Waals surface area contributed by atoms with Crippen LogP contribution in [0.3, 0.4) is 0 Å². The van der Waals surface area contributed by atoms with Crippen LogP contribution in [0, 0.1) is 0 Å². The molecule has 0 saturated heterocycles. The summed E-state index contributed by atoms with van der Waals surface area (Å²) in [5.41, 5.74) is 6.24. The monoisotopic (exact) mass is 271 g/mol. The molecule has 0 bridgehead atoms. The molecule has 0 fully saturated rings. The van der Waals surface area contributed by atoms with Crippen molar-refractivity contribution in [3.05, 3.63) is 16.1 Å². The molecule has 1 amide bonds. The van der Waals surface area contributed by atoms with Gasteiger partial charge >= 0.3 is 0 Å². The Bertz CT molecular complexity index is 355. The van der Waals surface area contributed by atoms with Crippen molar-refractivity contribution in [2.24, 2.45) is 5.73 Å². The second-order valence-corrected chi connectivity index (χ2v) is 5.02. The van der Waals surface area contributed by atoms with Gasteiger partial charge in [-0.05, 0) is 25.8 Å². The third-order valence-electron chi connectivity index (χ3n) is 2.47. The number of thiazole rings is 1. The molecule has 1 heterocycles. The predicted molar refractivity (Wildman–Crippen MR) is 72.5 cm³/mol. The van der Waals surface area contributed by atoms with Gasteiger partial charge in [0.05, 0.1) is 23.7 Å². The number of amides is 1. The van der Waals surface area contributed by atoms with Gasteiger partial charge in [-0.3, -0.25) is 4.79 Å². The summed E-state index contributed by atoms with van der Waals surface area (Å²) in [6, 6.07) is 0. The number of aliphatic hydroxyl groups is 1. The van der Waals surface area contributed by atoms with Gasteiger partial charge in [0.25, 0.3) is 0 Å². The van der Waals surface area contributed by atoms with Gasteiger partial charge in [0.2, 0.25) is 5.91 Å². The van der Waals surface area contributed by atoms with Gasteiger partial charge < -0.3 is 16.2 Å². The summed E-state index contributed by atoms with van der Waals surface area (Å²) in [6.07, 6.45) is 4.54. The molecule has 6 heteroatoms. The molecular weight excluding hydrogens is 250 g/mol. The van der Waals surface area contributed by atoms with Crippen LogP contribution in [0.15, 0.2) is 5.38 Å². The summed E-state index contributed by atoms with van der Waals surface area (Å²) < 4.78 is 0. The maximum atomic E-state index is 11.4. The summed E-state index contributed by atoms with van der Waals surface area (Å²) in [7, 11) is 0. The standard InChI is InChI=1S/C12H21N3O2S/c13-5-3-1-2-4-12-15-10(9-18-12)8-11(17)14-6-7-16/h9,16H,1-8,13H2,(H,14,17). The molecule has 1 aromatic heterocycles. The van der Waals surface area contributed by atoms with E-state index in [9.17, 15) is 4.79 Å². The third kappa shape index (κ3) is 6.09. The van der Waals surface area contributed by atoms with Crippen molar-refractivity contribution >= 4 is 17.2 Å². The van der Waals surface area contributed by atoms with Crippen molar-refractivity contribution in [2.45, 2.75) is 32.1 Å². The van der Waals surface area contributed by atoms with Crippen LogP contribution in [0.25, 0.3) is 0 Å². The maximum absolute atomic E-state index is 11.4. The Morgan fingerprint density at radius 2 is 2.28 bits per heavy atom. The number of nitrogens with two attached hydrogens (primary N) is 1. The molecule has 18 heavy (non-hydrogen) atoms. The van der Waals surface area contributed by atoms with Gasteiger partial charge in [-0.1, -0.05) is 6.42 Å². The van der Waals surface area contributed by atoms with E-state index in [1.807, 2.05) is 5.38 Å². The molecule has 1 rings (SSSR count). The lowest BCUT2D eigenvalue weighted by Gasteiger charge is -2.00. The van der Waals surface area contributed by atoms with Crippen molar-refractivity contribution in [3.63, 3.8) is 0 Å². The van der Waals surface area contributed by atoms with Gasteiger partial charge in [0.1, 0.15) is 0 Å². The Morgan fingerprint density at radius 1 is 1.44 bits per heavy atom. The molecule has 0 atom stereocenters. The highest BCUT2D eigenvalue weighted by molar-refractivity contribution is 7.09. The van der Waals surface area contributed by atoms with Crippen LogP contribution in [0.1, 0.15) is 30.0 Å². The highest BCUT2D eigenvalue weighted by Gasteiger charge is 2.07. The summed E-state index contributed by atoms with van der Waals surface area (Å²) in [5.74, 6) is -0.0935. The number of unbranched alkanes of at least 4 members (excludes halogenated alkanes) is 2. The van der Waals surface area contributed by atoms with E-state index < -0.39 is 0 Å². The number of nitrogens with zero attached hydrogens (tertiary/aromatic N) is 1. The fraction of sp³-hybridized carbons (Fsp3) is 0.667. The number of hydrogen-bond donors (Lipinski definition) is 3. The fourth-order valence-corrected chi connectivity index (χ4v) is 2.40. The first-order valence-electron chi connectivity index (χ1n) is 6.27. The Balaban J connectivity index is 2.27. The Labute approximate surface area is 111 Å².